The van der Waals surface area contributed by atoms with Gasteiger partial charge in [-0.3, -0.25) is 4.98 Å². The van der Waals surface area contributed by atoms with E-state index in [1.807, 2.05) is 36.4 Å². The molecule has 0 amide bonds. The molecule has 0 aliphatic rings. The number of thioether (sulfide) groups is 1. The first-order chi connectivity index (χ1) is 16.5. The SMILES string of the molecule is COc1ccc(CCCCOC=C(C(=O)O)c2cccc(CSc3ccc(Cl)cc3Cl)n2)cc1. The highest BCUT2D eigenvalue weighted by Gasteiger charge is 2.14. The number of carboxylic acid groups (broad SMARTS) is 1. The second-order valence-electron chi connectivity index (χ2n) is 7.39. The molecule has 0 aliphatic carbocycles. The van der Waals surface area contributed by atoms with Gasteiger partial charge >= 0.3 is 5.97 Å². The number of unbranched alkanes of at least 4 members (excludes halogenated alkanes) is 1. The number of aliphatic carboxylic acids is 1. The van der Waals surface area contributed by atoms with E-state index >= 15 is 0 Å². The van der Waals surface area contributed by atoms with Gasteiger partial charge in [-0.1, -0.05) is 41.4 Å². The quantitative estimate of drug-likeness (QED) is 0.119. The molecular formula is C26H25Cl2NO4S. The van der Waals surface area contributed by atoms with Crippen LogP contribution in [0.3, 0.4) is 0 Å². The van der Waals surface area contributed by atoms with E-state index in [1.54, 1.807) is 31.4 Å². The minimum Gasteiger partial charge on any atom is -0.500 e. The summed E-state index contributed by atoms with van der Waals surface area (Å²) in [6, 6.07) is 18.6. The lowest BCUT2D eigenvalue weighted by Gasteiger charge is -2.08. The van der Waals surface area contributed by atoms with Crippen LogP contribution < -0.4 is 4.74 Å². The average molecular weight is 518 g/mol. The van der Waals surface area contributed by atoms with Crippen molar-refractivity contribution in [2.24, 2.45) is 0 Å². The summed E-state index contributed by atoms with van der Waals surface area (Å²) in [5.74, 6) is 0.286. The van der Waals surface area contributed by atoms with Crippen molar-refractivity contribution in [2.75, 3.05) is 13.7 Å². The Balaban J connectivity index is 1.52. The molecule has 0 saturated carbocycles. The summed E-state index contributed by atoms with van der Waals surface area (Å²) >= 11 is 13.7. The van der Waals surface area contributed by atoms with Gasteiger partial charge in [0.05, 0.1) is 36.4 Å². The number of carbonyl (C=O) groups is 1. The Hall–Kier alpha value is -2.67. The number of methoxy groups -OCH3 is 1. The monoisotopic (exact) mass is 517 g/mol. The van der Waals surface area contributed by atoms with Crippen LogP contribution in [0.15, 0.2) is 71.8 Å². The van der Waals surface area contributed by atoms with E-state index < -0.39 is 5.97 Å². The molecule has 0 atom stereocenters. The van der Waals surface area contributed by atoms with Crippen molar-refractivity contribution in [1.29, 1.82) is 0 Å². The maximum atomic E-state index is 11.8. The van der Waals surface area contributed by atoms with Crippen LogP contribution in [0, 0.1) is 0 Å². The topological polar surface area (TPSA) is 68.7 Å². The molecule has 1 N–H and O–H groups in total. The first-order valence-corrected chi connectivity index (χ1v) is 12.4. The molecule has 1 heterocycles. The minimum absolute atomic E-state index is 0.0199. The summed E-state index contributed by atoms with van der Waals surface area (Å²) < 4.78 is 10.7. The van der Waals surface area contributed by atoms with Crippen molar-refractivity contribution < 1.29 is 19.4 Å². The summed E-state index contributed by atoms with van der Waals surface area (Å²) in [5.41, 5.74) is 2.33. The van der Waals surface area contributed by atoms with Crippen molar-refractivity contribution in [2.45, 2.75) is 29.9 Å². The molecular weight excluding hydrogens is 493 g/mol. The van der Waals surface area contributed by atoms with Gasteiger partial charge < -0.3 is 14.6 Å². The third-order valence-electron chi connectivity index (χ3n) is 4.92. The molecule has 2 aromatic carbocycles. The van der Waals surface area contributed by atoms with Gasteiger partial charge in [-0.05, 0) is 67.3 Å². The number of pyridine rings is 1. The van der Waals surface area contributed by atoms with Crippen LogP contribution in [0.25, 0.3) is 5.57 Å². The third kappa shape index (κ3) is 7.97. The van der Waals surface area contributed by atoms with Crippen LogP contribution in [0.5, 0.6) is 5.75 Å². The molecule has 0 aliphatic heterocycles. The molecule has 3 rings (SSSR count). The maximum absolute atomic E-state index is 11.8. The van der Waals surface area contributed by atoms with Gasteiger partial charge in [0, 0.05) is 15.7 Å². The van der Waals surface area contributed by atoms with Crippen LogP contribution >= 0.6 is 35.0 Å². The molecule has 3 aromatic rings. The number of aryl methyl sites for hydroxylation is 1. The number of rotatable bonds is 12. The van der Waals surface area contributed by atoms with Crippen LogP contribution in [0.4, 0.5) is 0 Å². The Bertz CT molecular complexity index is 1140. The first kappa shape index (κ1) is 25.9. The highest BCUT2D eigenvalue weighted by molar-refractivity contribution is 7.98. The maximum Gasteiger partial charge on any atom is 0.341 e. The largest absolute Gasteiger partial charge is 0.500 e. The van der Waals surface area contributed by atoms with Crippen LogP contribution in [0.2, 0.25) is 10.0 Å². The molecule has 0 fully saturated rings. The Morgan fingerprint density at radius 1 is 1.09 bits per heavy atom. The number of ether oxygens (including phenoxy) is 2. The summed E-state index contributed by atoms with van der Waals surface area (Å²) in [6.07, 6.45) is 3.94. The van der Waals surface area contributed by atoms with Gasteiger partial charge in [0.2, 0.25) is 0 Å². The fourth-order valence-electron chi connectivity index (χ4n) is 3.12. The normalized spacial score (nSPS) is 11.3. The van der Waals surface area contributed by atoms with E-state index in [4.69, 9.17) is 32.7 Å². The number of aromatic nitrogens is 1. The lowest BCUT2D eigenvalue weighted by Crippen LogP contribution is -2.04. The van der Waals surface area contributed by atoms with E-state index in [2.05, 4.69) is 4.98 Å². The lowest BCUT2D eigenvalue weighted by molar-refractivity contribution is -0.130. The molecule has 0 saturated heterocycles. The van der Waals surface area contributed by atoms with Gasteiger partial charge in [-0.25, -0.2) is 4.79 Å². The molecule has 0 radical (unpaired) electrons. The zero-order valence-corrected chi connectivity index (χ0v) is 21.0. The van der Waals surface area contributed by atoms with Crippen LogP contribution in [-0.2, 0) is 21.7 Å². The molecule has 178 valence electrons. The zero-order valence-electron chi connectivity index (χ0n) is 18.7. The van der Waals surface area contributed by atoms with Crippen molar-refractivity contribution in [1.82, 2.24) is 4.98 Å². The predicted molar refractivity (Wildman–Crippen MR) is 138 cm³/mol. The van der Waals surface area contributed by atoms with Crippen molar-refractivity contribution in [3.05, 3.63) is 93.9 Å². The third-order valence-corrected chi connectivity index (χ3v) is 6.69. The Morgan fingerprint density at radius 2 is 1.88 bits per heavy atom. The summed E-state index contributed by atoms with van der Waals surface area (Å²) in [4.78, 5) is 17.2. The molecule has 8 heteroatoms. The van der Waals surface area contributed by atoms with E-state index in [9.17, 15) is 9.90 Å². The van der Waals surface area contributed by atoms with E-state index in [0.29, 0.717) is 28.1 Å². The highest BCUT2D eigenvalue weighted by atomic mass is 35.5. The second-order valence-corrected chi connectivity index (χ2v) is 9.25. The minimum atomic E-state index is -1.09. The van der Waals surface area contributed by atoms with Crippen LogP contribution in [0.1, 0.15) is 29.8 Å². The van der Waals surface area contributed by atoms with Crippen LogP contribution in [-0.4, -0.2) is 29.8 Å². The zero-order chi connectivity index (χ0) is 24.3. The number of hydrogen-bond donors (Lipinski definition) is 1. The Morgan fingerprint density at radius 3 is 2.59 bits per heavy atom. The predicted octanol–water partition coefficient (Wildman–Crippen LogP) is 7.15. The Kier molecular flexibility index (Phi) is 10.1. The summed E-state index contributed by atoms with van der Waals surface area (Å²) in [6.45, 7) is 0.428. The van der Waals surface area contributed by atoms with Gasteiger partial charge in [0.15, 0.2) is 0 Å². The van der Waals surface area contributed by atoms with Gasteiger partial charge in [0.25, 0.3) is 0 Å². The average Bonchev–Trinajstić information content (AvgIpc) is 2.83. The smallest absolute Gasteiger partial charge is 0.341 e. The first-order valence-electron chi connectivity index (χ1n) is 10.7. The molecule has 1 aromatic heterocycles. The van der Waals surface area contributed by atoms with Crippen molar-refractivity contribution in [3.63, 3.8) is 0 Å². The Labute approximate surface area is 213 Å². The van der Waals surface area contributed by atoms with Crippen molar-refractivity contribution >= 4 is 46.5 Å². The fraction of sp³-hybridized carbons (Fsp3) is 0.231. The standard InChI is InChI=1S/C26H25Cl2NO4S/c1-32-21-11-8-18(9-12-21)5-2-3-14-33-16-22(26(30)31)24-7-4-6-20(29-24)17-34-25-13-10-19(27)15-23(25)28/h4,6-13,15-16H,2-3,5,14,17H2,1H3,(H,30,31). The van der Waals surface area contributed by atoms with Gasteiger partial charge in [0.1, 0.15) is 11.3 Å². The summed E-state index contributed by atoms with van der Waals surface area (Å²) in [7, 11) is 1.65. The number of hydrogen-bond acceptors (Lipinski definition) is 5. The van der Waals surface area contributed by atoms with Crippen molar-refractivity contribution in [3.8, 4) is 5.75 Å². The molecule has 0 unspecified atom stereocenters. The van der Waals surface area contributed by atoms with E-state index in [0.717, 1.165) is 35.6 Å². The summed E-state index contributed by atoms with van der Waals surface area (Å²) in [5, 5.41) is 10.8. The fourth-order valence-corrected chi connectivity index (χ4v) is 4.52. The van der Waals surface area contributed by atoms with Gasteiger partial charge in [-0.15, -0.1) is 11.8 Å². The highest BCUT2D eigenvalue weighted by Crippen LogP contribution is 2.31. The second kappa shape index (κ2) is 13.3. The number of halogens is 2. The molecule has 0 bridgehead atoms. The number of carboxylic acids is 1. The number of nitrogens with zero attached hydrogens (tertiary/aromatic N) is 1. The molecule has 34 heavy (non-hydrogen) atoms. The van der Waals surface area contributed by atoms with Gasteiger partial charge in [-0.2, -0.15) is 0 Å². The molecule has 0 spiro atoms. The van der Waals surface area contributed by atoms with E-state index in [-0.39, 0.29) is 5.57 Å². The molecule has 5 nitrogen and oxygen atoms in total. The lowest BCUT2D eigenvalue weighted by atomic mass is 10.1. The number of benzene rings is 2. The van der Waals surface area contributed by atoms with E-state index in [1.165, 1.54) is 23.6 Å².